The van der Waals surface area contributed by atoms with Gasteiger partial charge < -0.3 is 10.6 Å². The van der Waals surface area contributed by atoms with E-state index in [1.54, 1.807) is 4.68 Å². The van der Waals surface area contributed by atoms with Gasteiger partial charge in [-0.15, -0.1) is 0 Å². The van der Waals surface area contributed by atoms with Crippen molar-refractivity contribution in [3.05, 3.63) is 12.3 Å². The Kier molecular flexibility index (Phi) is 4.61. The predicted octanol–water partition coefficient (Wildman–Crippen LogP) is 1.67. The van der Waals surface area contributed by atoms with Crippen LogP contribution in [0.15, 0.2) is 12.3 Å². The molecule has 2 N–H and O–H groups in total. The Morgan fingerprint density at radius 2 is 2.11 bits per heavy atom. The van der Waals surface area contributed by atoms with Gasteiger partial charge in [0.25, 0.3) is 0 Å². The van der Waals surface area contributed by atoms with Gasteiger partial charge in [0.2, 0.25) is 5.91 Å². The van der Waals surface area contributed by atoms with Gasteiger partial charge in [-0.3, -0.25) is 9.48 Å². The molecule has 100 valence electrons. The first-order chi connectivity index (χ1) is 8.74. The maximum Gasteiger partial charge on any atom is 0.239 e. The van der Waals surface area contributed by atoms with Crippen molar-refractivity contribution in [1.29, 1.82) is 0 Å². The molecule has 1 amide bonds. The lowest BCUT2D eigenvalue weighted by atomic mass is 10.1. The van der Waals surface area contributed by atoms with Crippen molar-refractivity contribution in [2.45, 2.75) is 44.6 Å². The highest BCUT2D eigenvalue weighted by Gasteiger charge is 2.14. The number of rotatable bonds is 4. The van der Waals surface area contributed by atoms with Crippen LogP contribution in [0.5, 0.6) is 0 Å². The number of aromatic nitrogens is 2. The lowest BCUT2D eigenvalue weighted by molar-refractivity contribution is -0.120. The van der Waals surface area contributed by atoms with Crippen LogP contribution in [0.1, 0.15) is 38.5 Å². The van der Waals surface area contributed by atoms with Crippen LogP contribution in [-0.4, -0.2) is 28.3 Å². The number of nitrogens with zero attached hydrogens (tertiary/aromatic N) is 2. The molecule has 0 aromatic carbocycles. The molecule has 1 fully saturated rings. The number of carbonyl (C=O) groups excluding carboxylic acids is 1. The molecule has 18 heavy (non-hydrogen) atoms. The second-order valence-electron chi connectivity index (χ2n) is 4.98. The first-order valence-corrected chi connectivity index (χ1v) is 6.77. The summed E-state index contributed by atoms with van der Waals surface area (Å²) < 4.78 is 1.71. The molecule has 0 saturated heterocycles. The van der Waals surface area contributed by atoms with Crippen LogP contribution in [0.2, 0.25) is 0 Å². The zero-order valence-corrected chi connectivity index (χ0v) is 11.0. The summed E-state index contributed by atoms with van der Waals surface area (Å²) in [6.45, 7) is 0.299. The van der Waals surface area contributed by atoms with Crippen LogP contribution in [0, 0.1) is 0 Å². The quantitative estimate of drug-likeness (QED) is 0.799. The van der Waals surface area contributed by atoms with Gasteiger partial charge in [0.15, 0.2) is 0 Å². The predicted molar refractivity (Wildman–Crippen MR) is 71.3 cm³/mol. The van der Waals surface area contributed by atoms with E-state index < -0.39 is 0 Å². The van der Waals surface area contributed by atoms with Crippen molar-refractivity contribution in [1.82, 2.24) is 15.1 Å². The first kappa shape index (κ1) is 12.9. The van der Waals surface area contributed by atoms with Gasteiger partial charge in [0.05, 0.1) is 6.54 Å². The van der Waals surface area contributed by atoms with Gasteiger partial charge in [-0.2, -0.15) is 5.10 Å². The molecule has 0 unspecified atom stereocenters. The molecule has 1 saturated carbocycles. The van der Waals surface area contributed by atoms with E-state index in [-0.39, 0.29) is 5.91 Å². The molecule has 1 aliphatic rings. The molecule has 0 aliphatic heterocycles. The molecule has 0 radical (unpaired) electrons. The monoisotopic (exact) mass is 250 g/mol. The summed E-state index contributed by atoms with van der Waals surface area (Å²) in [5.41, 5.74) is 0. The fraction of sp³-hybridized carbons (Fsp3) is 0.692. The van der Waals surface area contributed by atoms with Crippen LogP contribution in [0.3, 0.4) is 0 Å². The summed E-state index contributed by atoms with van der Waals surface area (Å²) >= 11 is 0. The van der Waals surface area contributed by atoms with Crippen LogP contribution >= 0.6 is 0 Å². The van der Waals surface area contributed by atoms with Crippen molar-refractivity contribution in [2.75, 3.05) is 11.9 Å². The largest absolute Gasteiger partial charge is 0.360 e. The normalized spacial score (nSPS) is 17.2. The highest BCUT2D eigenvalue weighted by molar-refractivity contribution is 5.80. The maximum absolute atomic E-state index is 11.8. The van der Waals surface area contributed by atoms with Crippen LogP contribution in [-0.2, 0) is 11.8 Å². The van der Waals surface area contributed by atoms with Gasteiger partial charge in [-0.25, -0.2) is 0 Å². The molecule has 1 aliphatic carbocycles. The highest BCUT2D eigenvalue weighted by atomic mass is 16.2. The first-order valence-electron chi connectivity index (χ1n) is 6.77. The SMILES string of the molecule is Cn1ccc(NCC(=O)NC2CCCCCC2)n1. The smallest absolute Gasteiger partial charge is 0.239 e. The molecular weight excluding hydrogens is 228 g/mol. The van der Waals surface area contributed by atoms with Gasteiger partial charge in [-0.1, -0.05) is 25.7 Å². The van der Waals surface area contributed by atoms with Crippen molar-refractivity contribution in [2.24, 2.45) is 7.05 Å². The topological polar surface area (TPSA) is 59.0 Å². The minimum Gasteiger partial charge on any atom is -0.360 e. The van der Waals surface area contributed by atoms with Crippen molar-refractivity contribution < 1.29 is 4.79 Å². The summed E-state index contributed by atoms with van der Waals surface area (Å²) in [7, 11) is 1.86. The third kappa shape index (κ3) is 4.05. The summed E-state index contributed by atoms with van der Waals surface area (Å²) in [6, 6.07) is 2.23. The van der Waals surface area contributed by atoms with E-state index in [9.17, 15) is 4.79 Å². The summed E-state index contributed by atoms with van der Waals surface area (Å²) in [5, 5.41) is 10.3. The van der Waals surface area contributed by atoms with E-state index in [0.717, 1.165) is 18.7 Å². The average Bonchev–Trinajstić information content (AvgIpc) is 2.60. The van der Waals surface area contributed by atoms with Crippen molar-refractivity contribution in [3.63, 3.8) is 0 Å². The van der Waals surface area contributed by atoms with E-state index in [0.29, 0.717) is 12.6 Å². The lowest BCUT2D eigenvalue weighted by Crippen LogP contribution is -2.38. The van der Waals surface area contributed by atoms with E-state index in [1.807, 2.05) is 19.3 Å². The van der Waals surface area contributed by atoms with Gasteiger partial charge in [0, 0.05) is 25.4 Å². The Morgan fingerprint density at radius 1 is 1.39 bits per heavy atom. The van der Waals surface area contributed by atoms with E-state index in [1.165, 1.54) is 25.7 Å². The van der Waals surface area contributed by atoms with Gasteiger partial charge >= 0.3 is 0 Å². The molecule has 5 heteroatoms. The highest BCUT2D eigenvalue weighted by Crippen LogP contribution is 2.17. The van der Waals surface area contributed by atoms with E-state index >= 15 is 0 Å². The molecular formula is C13H22N4O. The number of hydrogen-bond acceptors (Lipinski definition) is 3. The van der Waals surface area contributed by atoms with Crippen LogP contribution < -0.4 is 10.6 Å². The summed E-state index contributed by atoms with van der Waals surface area (Å²) in [5.74, 6) is 0.807. The molecule has 5 nitrogen and oxygen atoms in total. The average molecular weight is 250 g/mol. The number of anilines is 1. The fourth-order valence-corrected chi connectivity index (χ4v) is 2.38. The molecule has 0 bridgehead atoms. The van der Waals surface area contributed by atoms with Gasteiger partial charge in [-0.05, 0) is 12.8 Å². The third-order valence-corrected chi connectivity index (χ3v) is 3.36. The molecule has 1 heterocycles. The standard InChI is InChI=1S/C13H22N4O/c1-17-9-8-12(16-17)14-10-13(18)15-11-6-4-2-3-5-7-11/h8-9,11H,2-7,10H2,1H3,(H,14,16)(H,15,18). The Labute approximate surface area is 108 Å². The number of amides is 1. The number of nitrogens with one attached hydrogen (secondary N) is 2. The number of carbonyl (C=O) groups is 1. The number of aryl methyl sites for hydroxylation is 1. The Hall–Kier alpha value is -1.52. The molecule has 0 atom stereocenters. The van der Waals surface area contributed by atoms with E-state index in [4.69, 9.17) is 0 Å². The molecule has 1 aromatic heterocycles. The summed E-state index contributed by atoms with van der Waals surface area (Å²) in [6.07, 6.45) is 9.17. The minimum atomic E-state index is 0.0625. The third-order valence-electron chi connectivity index (χ3n) is 3.36. The van der Waals surface area contributed by atoms with Crippen LogP contribution in [0.4, 0.5) is 5.82 Å². The maximum atomic E-state index is 11.8. The fourth-order valence-electron chi connectivity index (χ4n) is 2.38. The van der Waals surface area contributed by atoms with Crippen LogP contribution in [0.25, 0.3) is 0 Å². The van der Waals surface area contributed by atoms with Gasteiger partial charge in [0.1, 0.15) is 5.82 Å². The minimum absolute atomic E-state index is 0.0625. The second kappa shape index (κ2) is 6.42. The lowest BCUT2D eigenvalue weighted by Gasteiger charge is -2.16. The Bertz CT molecular complexity index is 380. The number of hydrogen-bond donors (Lipinski definition) is 2. The molecule has 1 aromatic rings. The zero-order valence-electron chi connectivity index (χ0n) is 11.0. The second-order valence-corrected chi connectivity index (χ2v) is 4.98. The zero-order chi connectivity index (χ0) is 12.8. The Balaban J connectivity index is 1.71. The molecule has 2 rings (SSSR count). The molecule has 0 spiro atoms. The van der Waals surface area contributed by atoms with Crippen molar-refractivity contribution in [3.8, 4) is 0 Å². The summed E-state index contributed by atoms with van der Waals surface area (Å²) in [4.78, 5) is 11.8. The van der Waals surface area contributed by atoms with Crippen molar-refractivity contribution >= 4 is 11.7 Å². The Morgan fingerprint density at radius 3 is 2.72 bits per heavy atom. The van der Waals surface area contributed by atoms with E-state index in [2.05, 4.69) is 15.7 Å².